The first-order chi connectivity index (χ1) is 17.1. The summed E-state index contributed by atoms with van der Waals surface area (Å²) in [6.45, 7) is 1.68. The average molecular weight is 469 g/mol. The highest BCUT2D eigenvalue weighted by Gasteiger charge is 2.24. The molecule has 4 heterocycles. The van der Waals surface area contributed by atoms with Crippen LogP contribution in [0.2, 0.25) is 0 Å². The molecule has 0 radical (unpaired) electrons. The maximum Gasteiger partial charge on any atom is 0.326 e. The molecule has 10 nitrogen and oxygen atoms in total. The van der Waals surface area contributed by atoms with Gasteiger partial charge in [-0.2, -0.15) is 14.9 Å². The first-order valence-electron chi connectivity index (χ1n) is 11.8. The number of fused-ring (bicyclic) bond motifs is 1. The van der Waals surface area contributed by atoms with Gasteiger partial charge >= 0.3 is 5.69 Å². The number of hydrogen-bond donors (Lipinski definition) is 3. The number of aromatic amines is 2. The third-order valence-corrected chi connectivity index (χ3v) is 6.67. The van der Waals surface area contributed by atoms with Crippen molar-refractivity contribution in [3.63, 3.8) is 0 Å². The van der Waals surface area contributed by atoms with Crippen molar-refractivity contribution < 1.29 is 5.11 Å². The highest BCUT2D eigenvalue weighted by atomic mass is 16.3. The average Bonchev–Trinajstić information content (AvgIpc) is 3.52. The lowest BCUT2D eigenvalue weighted by Gasteiger charge is -2.33. The number of H-pyrrole nitrogens is 2. The summed E-state index contributed by atoms with van der Waals surface area (Å²) in [6.07, 6.45) is 7.40. The molecular weight excluding hydrogens is 444 g/mol. The number of piperidine rings is 1. The Balaban J connectivity index is 1.36. The van der Waals surface area contributed by atoms with E-state index in [0.717, 1.165) is 50.1 Å². The van der Waals surface area contributed by atoms with Crippen molar-refractivity contribution in [3.8, 4) is 11.9 Å². The summed E-state index contributed by atoms with van der Waals surface area (Å²) in [5.74, 6) is 1.02. The van der Waals surface area contributed by atoms with E-state index in [1.54, 1.807) is 16.8 Å². The molecule has 0 atom stereocenters. The first-order valence-corrected chi connectivity index (χ1v) is 11.8. The van der Waals surface area contributed by atoms with Crippen LogP contribution in [0.15, 0.2) is 46.3 Å². The molecule has 4 aromatic rings. The Kier molecular flexibility index (Phi) is 5.10. The van der Waals surface area contributed by atoms with Crippen molar-refractivity contribution >= 4 is 17.5 Å². The molecule has 6 rings (SSSR count). The predicted octanol–water partition coefficient (Wildman–Crippen LogP) is 1.32. The van der Waals surface area contributed by atoms with Gasteiger partial charge in [0.2, 0.25) is 5.88 Å². The van der Waals surface area contributed by atoms with E-state index in [0.29, 0.717) is 28.4 Å². The molecular formula is C25H24N8O2. The Bertz CT molecular complexity index is 1630. The summed E-state index contributed by atoms with van der Waals surface area (Å²) in [5.41, 5.74) is 3.08. The lowest BCUT2D eigenvalue weighted by atomic mass is 9.88. The molecule has 1 saturated carbocycles. The molecule has 10 heteroatoms. The van der Waals surface area contributed by atoms with Crippen LogP contribution in [0.25, 0.3) is 11.7 Å². The largest absolute Gasteiger partial charge is 0.493 e. The maximum atomic E-state index is 11.5. The van der Waals surface area contributed by atoms with Gasteiger partial charge in [0.25, 0.3) is 0 Å². The number of nitriles is 1. The standard InChI is InChI=1S/C25H24N8O2/c26-13-15-2-1-3-17(10-15)16-6-8-32(9-7-16)21-12-22(28-19-4-5-19)33-23(30-21)18(14-27-33)11-20-24(34)31-25(35)29-20/h1-3,10-12,14,16,19,34H,4-9H2,(H2,29,31,35). The van der Waals surface area contributed by atoms with Crippen molar-refractivity contribution in [1.82, 2.24) is 24.6 Å². The van der Waals surface area contributed by atoms with E-state index >= 15 is 0 Å². The Morgan fingerprint density at radius 2 is 2.00 bits per heavy atom. The molecule has 1 aromatic carbocycles. The number of imidazole rings is 1. The highest BCUT2D eigenvalue weighted by Crippen LogP contribution is 2.30. The van der Waals surface area contributed by atoms with Gasteiger partial charge in [-0.15, -0.1) is 0 Å². The van der Waals surface area contributed by atoms with Crippen molar-refractivity contribution in [3.05, 3.63) is 74.5 Å². The molecule has 0 spiro atoms. The number of anilines is 1. The van der Waals surface area contributed by atoms with Gasteiger partial charge in [0, 0.05) is 24.4 Å². The van der Waals surface area contributed by atoms with Crippen molar-refractivity contribution in [1.29, 1.82) is 5.26 Å². The lowest BCUT2D eigenvalue weighted by Crippen LogP contribution is -2.35. The molecule has 35 heavy (non-hydrogen) atoms. The lowest BCUT2D eigenvalue weighted by molar-refractivity contribution is 0.454. The van der Waals surface area contributed by atoms with E-state index in [4.69, 9.17) is 9.98 Å². The quantitative estimate of drug-likeness (QED) is 0.413. The summed E-state index contributed by atoms with van der Waals surface area (Å²) in [4.78, 5) is 28.5. The fraction of sp³-hybridized carbons (Fsp3) is 0.320. The van der Waals surface area contributed by atoms with Gasteiger partial charge in [-0.25, -0.2) is 9.78 Å². The number of rotatable bonds is 4. The van der Waals surface area contributed by atoms with Crippen LogP contribution in [0, 0.1) is 11.3 Å². The second-order valence-corrected chi connectivity index (χ2v) is 9.15. The van der Waals surface area contributed by atoms with Crippen LogP contribution >= 0.6 is 0 Å². The molecule has 0 amide bonds. The molecule has 3 aromatic heterocycles. The van der Waals surface area contributed by atoms with Crippen LogP contribution in [-0.4, -0.2) is 48.8 Å². The molecule has 1 aliphatic heterocycles. The minimum atomic E-state index is -0.480. The Labute approximate surface area is 199 Å². The fourth-order valence-corrected chi connectivity index (χ4v) is 4.65. The zero-order chi connectivity index (χ0) is 23.9. The summed E-state index contributed by atoms with van der Waals surface area (Å²) in [7, 11) is 0. The Morgan fingerprint density at radius 1 is 1.17 bits per heavy atom. The van der Waals surface area contributed by atoms with Gasteiger partial charge in [0.1, 0.15) is 11.5 Å². The van der Waals surface area contributed by atoms with E-state index < -0.39 is 5.69 Å². The first kappa shape index (κ1) is 21.2. The van der Waals surface area contributed by atoms with E-state index in [-0.39, 0.29) is 11.6 Å². The topological polar surface area (TPSA) is 138 Å². The van der Waals surface area contributed by atoms with Gasteiger partial charge < -0.3 is 15.0 Å². The van der Waals surface area contributed by atoms with Crippen LogP contribution in [0.3, 0.4) is 0 Å². The minimum Gasteiger partial charge on any atom is -0.493 e. The van der Waals surface area contributed by atoms with Crippen LogP contribution in [0.4, 0.5) is 5.82 Å². The zero-order valence-electron chi connectivity index (χ0n) is 19.0. The van der Waals surface area contributed by atoms with Gasteiger partial charge in [-0.3, -0.25) is 9.98 Å². The molecule has 2 fully saturated rings. The third-order valence-electron chi connectivity index (χ3n) is 6.67. The number of nitrogens with one attached hydrogen (secondary N) is 2. The Hall–Kier alpha value is -4.39. The SMILES string of the molecule is N#Cc1cccc(C2CCN(c3cc(=NC4CC4)n4ncc(=Cc5[nH]c(=O)[nH]c5O)c4n3)CC2)c1. The van der Waals surface area contributed by atoms with Crippen molar-refractivity contribution in [2.75, 3.05) is 18.0 Å². The van der Waals surface area contributed by atoms with Crippen molar-refractivity contribution in [2.45, 2.75) is 37.6 Å². The normalized spacial score (nSPS) is 17.9. The van der Waals surface area contributed by atoms with Gasteiger partial charge in [-0.05, 0) is 55.4 Å². The van der Waals surface area contributed by atoms with E-state index in [1.807, 2.05) is 24.3 Å². The highest BCUT2D eigenvalue weighted by molar-refractivity contribution is 5.58. The summed E-state index contributed by atoms with van der Waals surface area (Å²) < 4.78 is 1.72. The summed E-state index contributed by atoms with van der Waals surface area (Å²) in [5, 5.41) is 24.4. The Morgan fingerprint density at radius 3 is 2.71 bits per heavy atom. The summed E-state index contributed by atoms with van der Waals surface area (Å²) in [6, 6.07) is 12.4. The van der Waals surface area contributed by atoms with Crippen LogP contribution in [0.5, 0.6) is 5.88 Å². The number of hydrogen-bond acceptors (Lipinski definition) is 7. The van der Waals surface area contributed by atoms with Gasteiger partial charge in [-0.1, -0.05) is 12.1 Å². The molecule has 0 unspecified atom stereocenters. The third kappa shape index (κ3) is 4.17. The van der Waals surface area contributed by atoms with Crippen LogP contribution in [-0.2, 0) is 0 Å². The number of benzene rings is 1. The minimum absolute atomic E-state index is 0.226. The molecule has 1 aliphatic carbocycles. The van der Waals surface area contributed by atoms with Crippen LogP contribution < -0.4 is 21.3 Å². The molecule has 176 valence electrons. The van der Waals surface area contributed by atoms with E-state index in [9.17, 15) is 15.2 Å². The number of nitrogens with zero attached hydrogens (tertiary/aromatic N) is 6. The monoisotopic (exact) mass is 468 g/mol. The molecule has 2 aliphatic rings. The second-order valence-electron chi connectivity index (χ2n) is 9.15. The van der Waals surface area contributed by atoms with Crippen molar-refractivity contribution in [2.24, 2.45) is 4.99 Å². The molecule has 0 bridgehead atoms. The number of aromatic nitrogens is 5. The maximum absolute atomic E-state index is 11.5. The smallest absolute Gasteiger partial charge is 0.326 e. The molecule has 1 saturated heterocycles. The van der Waals surface area contributed by atoms with Gasteiger partial charge in [0.05, 0.1) is 23.9 Å². The molecule has 3 N–H and O–H groups in total. The predicted molar refractivity (Wildman–Crippen MR) is 129 cm³/mol. The zero-order valence-corrected chi connectivity index (χ0v) is 19.0. The second kappa shape index (κ2) is 8.43. The van der Waals surface area contributed by atoms with E-state index in [1.165, 1.54) is 5.56 Å². The van der Waals surface area contributed by atoms with Crippen LogP contribution in [0.1, 0.15) is 48.4 Å². The number of aromatic hydroxyl groups is 1. The fourth-order valence-electron chi connectivity index (χ4n) is 4.65. The van der Waals surface area contributed by atoms with Gasteiger partial charge in [0.15, 0.2) is 11.1 Å². The van der Waals surface area contributed by atoms with E-state index in [2.05, 4.69) is 32.1 Å². The summed E-state index contributed by atoms with van der Waals surface area (Å²) >= 11 is 0.